The number of carbonyl (C=O) groups excluding carboxylic acids is 1. The number of hydrogen-bond donors (Lipinski definition) is 0. The van der Waals surface area contributed by atoms with E-state index in [0.717, 1.165) is 43.7 Å². The predicted octanol–water partition coefficient (Wildman–Crippen LogP) is 3.27. The predicted molar refractivity (Wildman–Crippen MR) is 91.0 cm³/mol. The van der Waals surface area contributed by atoms with Crippen molar-refractivity contribution < 1.29 is 14.3 Å². The number of likely N-dealkylation sites (tertiary alicyclic amines) is 1. The van der Waals surface area contributed by atoms with Gasteiger partial charge in [0.2, 0.25) is 12.7 Å². The molecule has 1 spiro atoms. The number of hydrogen-bond acceptors (Lipinski definition) is 3. The average molecular weight is 411 g/mol. The van der Waals surface area contributed by atoms with Gasteiger partial charge in [-0.3, -0.25) is 4.79 Å². The van der Waals surface area contributed by atoms with E-state index in [1.165, 1.54) is 9.13 Å². The number of allylic oxidation sites excluding steroid dienone is 1. The summed E-state index contributed by atoms with van der Waals surface area (Å²) in [6.45, 7) is 1.08. The summed E-state index contributed by atoms with van der Waals surface area (Å²) >= 11 is 2.33. The van der Waals surface area contributed by atoms with E-state index in [2.05, 4.69) is 45.7 Å². The molecule has 4 nitrogen and oxygen atoms in total. The van der Waals surface area contributed by atoms with Crippen molar-refractivity contribution in [2.24, 2.45) is 0 Å². The van der Waals surface area contributed by atoms with Crippen LogP contribution in [0.1, 0.15) is 31.2 Å². The maximum Gasteiger partial charge on any atom is 0.231 e. The topological polar surface area (TPSA) is 38.8 Å². The molecule has 116 valence electrons. The number of rotatable bonds is 3. The minimum Gasteiger partial charge on any atom is -0.454 e. The molecule has 22 heavy (non-hydrogen) atoms. The summed E-state index contributed by atoms with van der Waals surface area (Å²) in [4.78, 5) is 14.4. The molecule has 1 fully saturated rings. The highest BCUT2D eigenvalue weighted by atomic mass is 127. The quantitative estimate of drug-likeness (QED) is 0.566. The van der Waals surface area contributed by atoms with Gasteiger partial charge in [0.25, 0.3) is 0 Å². The molecule has 2 aliphatic heterocycles. The molecule has 1 saturated heterocycles. The van der Waals surface area contributed by atoms with Crippen LogP contribution in [0.4, 0.5) is 0 Å². The fourth-order valence-corrected chi connectivity index (χ4v) is 4.43. The number of nitrogens with zero attached hydrogens (tertiary/aromatic N) is 1. The molecule has 5 heteroatoms. The lowest BCUT2D eigenvalue weighted by molar-refractivity contribution is -0.130. The molecular formula is C17H18INO3. The molecule has 0 bridgehead atoms. The molecule has 2 heterocycles. The fourth-order valence-electron chi connectivity index (χ4n) is 3.72. The summed E-state index contributed by atoms with van der Waals surface area (Å²) in [5.41, 5.74) is 1.22. The molecule has 1 aromatic carbocycles. The van der Waals surface area contributed by atoms with Crippen molar-refractivity contribution in [1.29, 1.82) is 0 Å². The number of carbonyl (C=O) groups is 1. The van der Waals surface area contributed by atoms with E-state index in [-0.39, 0.29) is 5.54 Å². The van der Waals surface area contributed by atoms with Crippen molar-refractivity contribution >= 4 is 28.5 Å². The van der Waals surface area contributed by atoms with E-state index in [1.807, 2.05) is 6.07 Å². The Morgan fingerprint density at radius 1 is 1.23 bits per heavy atom. The van der Waals surface area contributed by atoms with Crippen LogP contribution in [0.2, 0.25) is 0 Å². The van der Waals surface area contributed by atoms with Gasteiger partial charge in [-0.2, -0.15) is 0 Å². The van der Waals surface area contributed by atoms with Gasteiger partial charge in [0.05, 0.1) is 5.54 Å². The molecule has 1 aliphatic carbocycles. The van der Waals surface area contributed by atoms with Crippen LogP contribution in [0.3, 0.4) is 0 Å². The summed E-state index contributed by atoms with van der Waals surface area (Å²) < 4.78 is 12.0. The van der Waals surface area contributed by atoms with Crippen LogP contribution in [-0.4, -0.2) is 29.7 Å². The molecule has 0 N–H and O–H groups in total. The van der Waals surface area contributed by atoms with Crippen molar-refractivity contribution in [3.05, 3.63) is 33.4 Å². The summed E-state index contributed by atoms with van der Waals surface area (Å²) in [5, 5.41) is 0. The maximum atomic E-state index is 12.3. The minimum absolute atomic E-state index is 0.00113. The first kappa shape index (κ1) is 14.4. The molecular weight excluding hydrogens is 393 g/mol. The standard InChI is InChI=1S/C17H18INO3/c18-13-10-15-14(21-11-22-15)9-12(13)4-8-19-16(20)3-7-17(19)5-1-2-6-17/h1,5,9-10H,2-4,6-8,11H2. The lowest BCUT2D eigenvalue weighted by Gasteiger charge is -2.34. The van der Waals surface area contributed by atoms with Crippen LogP contribution in [0.15, 0.2) is 24.3 Å². The second-order valence-corrected chi connectivity index (χ2v) is 7.30. The van der Waals surface area contributed by atoms with Gasteiger partial charge in [-0.05, 0) is 66.0 Å². The van der Waals surface area contributed by atoms with Crippen molar-refractivity contribution in [1.82, 2.24) is 4.90 Å². The van der Waals surface area contributed by atoms with E-state index in [9.17, 15) is 4.79 Å². The van der Waals surface area contributed by atoms with Crippen molar-refractivity contribution in [2.45, 2.75) is 37.6 Å². The molecule has 3 aliphatic rings. The normalized spacial score (nSPS) is 25.7. The Labute approximate surface area is 143 Å². The first-order chi connectivity index (χ1) is 10.7. The molecule has 0 saturated carbocycles. The van der Waals surface area contributed by atoms with Gasteiger partial charge < -0.3 is 14.4 Å². The van der Waals surface area contributed by atoms with Gasteiger partial charge in [0.1, 0.15) is 0 Å². The SMILES string of the molecule is O=C1CCC2(C=CCC2)N1CCc1cc2c(cc1I)OCO2. The third kappa shape index (κ3) is 2.30. The van der Waals surface area contributed by atoms with Crippen LogP contribution in [0.25, 0.3) is 0 Å². The zero-order valence-electron chi connectivity index (χ0n) is 12.3. The number of amides is 1. The highest BCUT2D eigenvalue weighted by molar-refractivity contribution is 14.1. The highest BCUT2D eigenvalue weighted by Crippen LogP contribution is 2.40. The van der Waals surface area contributed by atoms with Crippen molar-refractivity contribution in [3.63, 3.8) is 0 Å². The van der Waals surface area contributed by atoms with Crippen LogP contribution in [-0.2, 0) is 11.2 Å². The molecule has 1 atom stereocenters. The van der Waals surface area contributed by atoms with Crippen molar-refractivity contribution in [3.8, 4) is 11.5 Å². The molecule has 1 amide bonds. The minimum atomic E-state index is -0.00113. The summed E-state index contributed by atoms with van der Waals surface area (Å²) in [5.74, 6) is 1.93. The third-order valence-corrected chi connectivity index (χ3v) is 5.93. The zero-order valence-corrected chi connectivity index (χ0v) is 14.5. The van der Waals surface area contributed by atoms with Crippen LogP contribution < -0.4 is 9.47 Å². The number of benzene rings is 1. The van der Waals surface area contributed by atoms with Crippen LogP contribution in [0.5, 0.6) is 11.5 Å². The lowest BCUT2D eigenvalue weighted by atomic mass is 9.95. The van der Waals surface area contributed by atoms with Gasteiger partial charge in [0.15, 0.2) is 11.5 Å². The fraction of sp³-hybridized carbons (Fsp3) is 0.471. The van der Waals surface area contributed by atoms with E-state index in [1.54, 1.807) is 0 Å². The molecule has 1 unspecified atom stereocenters. The monoisotopic (exact) mass is 411 g/mol. The maximum absolute atomic E-state index is 12.3. The Morgan fingerprint density at radius 2 is 2.05 bits per heavy atom. The second kappa shape index (κ2) is 5.44. The first-order valence-electron chi connectivity index (χ1n) is 7.74. The second-order valence-electron chi connectivity index (χ2n) is 6.14. The van der Waals surface area contributed by atoms with E-state index >= 15 is 0 Å². The highest BCUT2D eigenvalue weighted by Gasteiger charge is 2.44. The van der Waals surface area contributed by atoms with Gasteiger partial charge in [-0.15, -0.1) is 0 Å². The van der Waals surface area contributed by atoms with Crippen molar-refractivity contribution in [2.75, 3.05) is 13.3 Å². The van der Waals surface area contributed by atoms with Crippen LogP contribution in [0, 0.1) is 3.57 Å². The number of halogens is 1. The van der Waals surface area contributed by atoms with Gasteiger partial charge >= 0.3 is 0 Å². The Hall–Kier alpha value is -1.24. The summed E-state index contributed by atoms with van der Waals surface area (Å²) in [6, 6.07) is 4.08. The van der Waals surface area contributed by atoms with E-state index < -0.39 is 0 Å². The Kier molecular flexibility index (Phi) is 3.55. The largest absolute Gasteiger partial charge is 0.454 e. The van der Waals surface area contributed by atoms with E-state index in [0.29, 0.717) is 19.1 Å². The molecule has 4 rings (SSSR count). The molecule has 0 radical (unpaired) electrons. The summed E-state index contributed by atoms with van der Waals surface area (Å²) in [7, 11) is 0. The zero-order chi connectivity index (χ0) is 15.2. The first-order valence-corrected chi connectivity index (χ1v) is 8.82. The van der Waals surface area contributed by atoms with Crippen LogP contribution >= 0.6 is 22.6 Å². The average Bonchev–Trinajstić information content (AvgIpc) is 3.20. The molecule has 0 aromatic heterocycles. The summed E-state index contributed by atoms with van der Waals surface area (Å²) in [6.07, 6.45) is 9.15. The smallest absolute Gasteiger partial charge is 0.231 e. The van der Waals surface area contributed by atoms with E-state index in [4.69, 9.17) is 9.47 Å². The van der Waals surface area contributed by atoms with Gasteiger partial charge in [0, 0.05) is 16.5 Å². The molecule has 1 aromatic rings. The number of ether oxygens (including phenoxy) is 2. The van der Waals surface area contributed by atoms with Gasteiger partial charge in [-0.25, -0.2) is 0 Å². The lowest BCUT2D eigenvalue weighted by Crippen LogP contribution is -2.44. The van der Waals surface area contributed by atoms with Gasteiger partial charge in [-0.1, -0.05) is 12.2 Å². The third-order valence-electron chi connectivity index (χ3n) is 4.93. The number of fused-ring (bicyclic) bond motifs is 1. The Balaban J connectivity index is 1.53. The Morgan fingerprint density at radius 3 is 2.82 bits per heavy atom. The Bertz CT molecular complexity index is 658.